The summed E-state index contributed by atoms with van der Waals surface area (Å²) in [5, 5.41) is 0. The van der Waals surface area contributed by atoms with Crippen LogP contribution in [-0.4, -0.2) is 5.60 Å². The summed E-state index contributed by atoms with van der Waals surface area (Å²) in [6.07, 6.45) is 0.977. The molecule has 1 unspecified atom stereocenters. The third kappa shape index (κ3) is 2.29. The number of aryl methyl sites for hydroxylation is 1. The van der Waals surface area contributed by atoms with Crippen molar-refractivity contribution >= 4 is 5.69 Å². The van der Waals surface area contributed by atoms with E-state index in [0.29, 0.717) is 5.92 Å². The molecule has 21 heavy (non-hydrogen) atoms. The van der Waals surface area contributed by atoms with E-state index in [0.717, 1.165) is 23.4 Å². The Labute approximate surface area is 126 Å². The molecule has 1 aliphatic rings. The van der Waals surface area contributed by atoms with E-state index in [4.69, 9.17) is 10.5 Å². The average Bonchev–Trinajstić information content (AvgIpc) is 2.70. The highest BCUT2D eigenvalue weighted by Gasteiger charge is 2.43. The van der Waals surface area contributed by atoms with Gasteiger partial charge in [0.2, 0.25) is 0 Å². The molecule has 0 fully saturated rings. The number of benzene rings is 2. The normalized spacial score (nSPS) is 19.1. The van der Waals surface area contributed by atoms with Crippen LogP contribution >= 0.6 is 0 Å². The Hall–Kier alpha value is -1.96. The molecule has 1 atom stereocenters. The van der Waals surface area contributed by atoms with E-state index in [2.05, 4.69) is 58.0 Å². The van der Waals surface area contributed by atoms with Crippen LogP contribution < -0.4 is 10.5 Å². The smallest absolute Gasteiger partial charge is 0.127 e. The Morgan fingerprint density at radius 3 is 2.48 bits per heavy atom. The molecule has 3 rings (SSSR count). The van der Waals surface area contributed by atoms with Crippen LogP contribution in [0, 0.1) is 13.8 Å². The minimum atomic E-state index is -0.207. The number of ether oxygens (including phenoxy) is 1. The Balaban J connectivity index is 2.10. The van der Waals surface area contributed by atoms with Gasteiger partial charge in [0.15, 0.2) is 0 Å². The molecule has 0 saturated carbocycles. The first-order valence-electron chi connectivity index (χ1n) is 7.52. The van der Waals surface area contributed by atoms with E-state index in [1.54, 1.807) is 0 Å². The van der Waals surface area contributed by atoms with Crippen molar-refractivity contribution in [3.63, 3.8) is 0 Å². The van der Waals surface area contributed by atoms with Gasteiger partial charge >= 0.3 is 0 Å². The van der Waals surface area contributed by atoms with E-state index in [9.17, 15) is 0 Å². The van der Waals surface area contributed by atoms with Gasteiger partial charge in [-0.1, -0.05) is 30.3 Å². The zero-order valence-electron chi connectivity index (χ0n) is 13.2. The van der Waals surface area contributed by atoms with Gasteiger partial charge in [-0.15, -0.1) is 0 Å². The van der Waals surface area contributed by atoms with Gasteiger partial charge < -0.3 is 10.5 Å². The number of nitrogens with two attached hydrogens (primary N) is 1. The van der Waals surface area contributed by atoms with Crippen molar-refractivity contribution in [2.24, 2.45) is 0 Å². The molecule has 1 heterocycles. The molecule has 110 valence electrons. The Morgan fingerprint density at radius 2 is 1.81 bits per heavy atom. The minimum absolute atomic E-state index is 0.207. The first kappa shape index (κ1) is 14.0. The number of rotatable bonds is 2. The second kappa shape index (κ2) is 4.80. The van der Waals surface area contributed by atoms with E-state index >= 15 is 0 Å². The van der Waals surface area contributed by atoms with Crippen molar-refractivity contribution in [2.45, 2.75) is 45.6 Å². The predicted octanol–water partition coefficient (Wildman–Crippen LogP) is 4.38. The van der Waals surface area contributed by atoms with Crippen molar-refractivity contribution in [3.8, 4) is 5.75 Å². The molecule has 0 amide bonds. The lowest BCUT2D eigenvalue weighted by Gasteiger charge is -2.27. The van der Waals surface area contributed by atoms with Crippen LogP contribution in [-0.2, 0) is 6.42 Å². The number of hydrogen-bond donors (Lipinski definition) is 1. The summed E-state index contributed by atoms with van der Waals surface area (Å²) < 4.78 is 6.29. The fraction of sp³-hybridized carbons (Fsp3) is 0.368. The summed E-state index contributed by atoms with van der Waals surface area (Å²) in [6.45, 7) is 8.54. The number of nitrogen functional groups attached to an aromatic ring is 1. The zero-order chi connectivity index (χ0) is 15.2. The summed E-state index contributed by atoms with van der Waals surface area (Å²) in [7, 11) is 0. The van der Waals surface area contributed by atoms with Gasteiger partial charge in [0.05, 0.1) is 0 Å². The molecule has 0 aromatic heterocycles. The molecule has 0 saturated heterocycles. The Morgan fingerprint density at radius 1 is 1.14 bits per heavy atom. The zero-order valence-corrected chi connectivity index (χ0v) is 13.2. The lowest BCUT2D eigenvalue weighted by molar-refractivity contribution is 0.109. The molecule has 2 aromatic carbocycles. The first-order chi connectivity index (χ1) is 9.90. The summed E-state index contributed by atoms with van der Waals surface area (Å²) in [6, 6.07) is 12.6. The van der Waals surface area contributed by atoms with Crippen molar-refractivity contribution < 1.29 is 4.74 Å². The highest BCUT2D eigenvalue weighted by atomic mass is 16.5. The average molecular weight is 281 g/mol. The quantitative estimate of drug-likeness (QED) is 0.829. The van der Waals surface area contributed by atoms with Gasteiger partial charge in [0.25, 0.3) is 0 Å². The summed E-state index contributed by atoms with van der Waals surface area (Å²) in [5.74, 6) is 1.37. The molecular weight excluding hydrogens is 258 g/mol. The van der Waals surface area contributed by atoms with Gasteiger partial charge in [-0.3, -0.25) is 0 Å². The molecule has 2 heteroatoms. The van der Waals surface area contributed by atoms with Crippen LogP contribution in [0.2, 0.25) is 0 Å². The van der Waals surface area contributed by atoms with E-state index in [-0.39, 0.29) is 5.60 Å². The molecule has 0 radical (unpaired) electrons. The lowest BCUT2D eigenvalue weighted by Crippen LogP contribution is -2.31. The number of fused-ring (bicyclic) bond motifs is 1. The lowest BCUT2D eigenvalue weighted by atomic mass is 9.80. The maximum Gasteiger partial charge on any atom is 0.127 e. The maximum absolute atomic E-state index is 6.29. The van der Waals surface area contributed by atoms with Crippen molar-refractivity contribution in [1.29, 1.82) is 0 Å². The van der Waals surface area contributed by atoms with Gasteiger partial charge in [0, 0.05) is 17.2 Å². The summed E-state index contributed by atoms with van der Waals surface area (Å²) in [5.41, 5.74) is 11.8. The van der Waals surface area contributed by atoms with Crippen LogP contribution in [0.3, 0.4) is 0 Å². The Kier molecular flexibility index (Phi) is 3.20. The molecule has 2 nitrogen and oxygen atoms in total. The first-order valence-corrected chi connectivity index (χ1v) is 7.52. The van der Waals surface area contributed by atoms with Crippen LogP contribution in [0.5, 0.6) is 5.75 Å². The highest BCUT2D eigenvalue weighted by Crippen LogP contribution is 2.50. The second-order valence-electron chi connectivity index (χ2n) is 6.60. The van der Waals surface area contributed by atoms with Crippen molar-refractivity contribution in [3.05, 3.63) is 58.7 Å². The predicted molar refractivity (Wildman–Crippen MR) is 87.9 cm³/mol. The van der Waals surface area contributed by atoms with E-state index in [1.807, 2.05) is 6.07 Å². The molecule has 2 N–H and O–H groups in total. The number of hydrogen-bond acceptors (Lipinski definition) is 2. The third-order valence-corrected chi connectivity index (χ3v) is 4.65. The molecule has 1 aliphatic heterocycles. The van der Waals surface area contributed by atoms with Crippen molar-refractivity contribution in [1.82, 2.24) is 0 Å². The van der Waals surface area contributed by atoms with Crippen LogP contribution in [0.25, 0.3) is 0 Å². The van der Waals surface area contributed by atoms with Gasteiger partial charge in [-0.25, -0.2) is 0 Å². The highest BCUT2D eigenvalue weighted by molar-refractivity contribution is 5.63. The van der Waals surface area contributed by atoms with Gasteiger partial charge in [-0.2, -0.15) is 0 Å². The molecular formula is C19H23NO. The molecule has 0 aliphatic carbocycles. The van der Waals surface area contributed by atoms with Crippen LogP contribution in [0.15, 0.2) is 36.4 Å². The van der Waals surface area contributed by atoms with Gasteiger partial charge in [-0.05, 0) is 56.9 Å². The molecule has 2 aromatic rings. The van der Waals surface area contributed by atoms with Crippen LogP contribution in [0.1, 0.15) is 42.0 Å². The number of anilines is 1. The SMILES string of the molecule is Cc1cc(N)c(C)c2c1OC(C)(C)C2Cc1ccccc1. The maximum atomic E-state index is 6.29. The van der Waals surface area contributed by atoms with E-state index < -0.39 is 0 Å². The largest absolute Gasteiger partial charge is 0.487 e. The summed E-state index contributed by atoms with van der Waals surface area (Å²) in [4.78, 5) is 0. The second-order valence-corrected chi connectivity index (χ2v) is 6.60. The fourth-order valence-corrected chi connectivity index (χ4v) is 3.38. The van der Waals surface area contributed by atoms with Gasteiger partial charge in [0.1, 0.15) is 11.4 Å². The third-order valence-electron chi connectivity index (χ3n) is 4.65. The standard InChI is InChI=1S/C19H23NO/c1-12-10-16(20)13(2)17-15(19(3,4)21-18(12)17)11-14-8-6-5-7-9-14/h5-10,15H,11,20H2,1-4H3. The monoisotopic (exact) mass is 281 g/mol. The Bertz CT molecular complexity index is 674. The fourth-order valence-electron chi connectivity index (χ4n) is 3.38. The summed E-state index contributed by atoms with van der Waals surface area (Å²) >= 11 is 0. The van der Waals surface area contributed by atoms with E-state index in [1.165, 1.54) is 16.7 Å². The van der Waals surface area contributed by atoms with Crippen molar-refractivity contribution in [2.75, 3.05) is 5.73 Å². The van der Waals surface area contributed by atoms with Crippen LogP contribution in [0.4, 0.5) is 5.69 Å². The topological polar surface area (TPSA) is 35.2 Å². The minimum Gasteiger partial charge on any atom is -0.487 e. The molecule has 0 spiro atoms. The molecule has 0 bridgehead atoms.